The number of thiophene rings is 1. The van der Waals surface area contributed by atoms with Crippen molar-refractivity contribution >= 4 is 40.6 Å². The molecule has 1 aliphatic heterocycles. The highest BCUT2D eigenvalue weighted by Gasteiger charge is 2.31. The lowest BCUT2D eigenvalue weighted by Crippen LogP contribution is -2.49. The topological polar surface area (TPSA) is 118 Å². The summed E-state index contributed by atoms with van der Waals surface area (Å²) in [5.74, 6) is -0.142. The largest absolute Gasteiger partial charge is 0.445 e. The SMILES string of the molecule is Cc1cc(Cl)nc(C)c1C(=O)NCC[C@@H](C)N1CCC(N(Cc2ccsc2)C(=O)OCc2ccc([N+](=O)[O-])cc2)CC1. The molecule has 2 amide bonds. The average molecular weight is 614 g/mol. The minimum absolute atomic E-state index is 0.00317. The second kappa shape index (κ2) is 14.6. The number of ether oxygens (including phenoxy) is 1. The number of nitrogens with one attached hydrogen (secondary N) is 1. The molecule has 3 heterocycles. The number of nitro groups is 1. The number of nitro benzene ring substituents is 1. The molecule has 3 aromatic rings. The molecule has 0 radical (unpaired) electrons. The van der Waals surface area contributed by atoms with Gasteiger partial charge in [-0.3, -0.25) is 14.9 Å². The van der Waals surface area contributed by atoms with Crippen LogP contribution in [0.5, 0.6) is 0 Å². The zero-order valence-corrected chi connectivity index (χ0v) is 25.6. The first-order valence-corrected chi connectivity index (χ1v) is 15.3. The van der Waals surface area contributed by atoms with E-state index in [0.29, 0.717) is 35.1 Å². The summed E-state index contributed by atoms with van der Waals surface area (Å²) in [6, 6.07) is 10.0. The molecular weight excluding hydrogens is 578 g/mol. The van der Waals surface area contributed by atoms with Gasteiger partial charge in [-0.15, -0.1) is 0 Å². The Morgan fingerprint density at radius 2 is 1.93 bits per heavy atom. The van der Waals surface area contributed by atoms with Crippen LogP contribution in [0.2, 0.25) is 5.15 Å². The van der Waals surface area contributed by atoms with Crippen LogP contribution in [0.4, 0.5) is 10.5 Å². The summed E-state index contributed by atoms with van der Waals surface area (Å²) in [4.78, 5) is 44.9. The Hall–Kier alpha value is -3.54. The van der Waals surface area contributed by atoms with E-state index in [2.05, 4.69) is 22.1 Å². The third-order valence-corrected chi connectivity index (χ3v) is 8.61. The number of rotatable bonds is 11. The van der Waals surface area contributed by atoms with Crippen molar-refractivity contribution in [3.63, 3.8) is 0 Å². The molecule has 0 spiro atoms. The van der Waals surface area contributed by atoms with E-state index in [0.717, 1.165) is 43.5 Å². The number of amides is 2. The van der Waals surface area contributed by atoms with Crippen LogP contribution in [-0.2, 0) is 17.9 Å². The van der Waals surface area contributed by atoms with E-state index >= 15 is 0 Å². The first kappa shape index (κ1) is 31.4. The van der Waals surface area contributed by atoms with Gasteiger partial charge in [-0.05, 0) is 91.7 Å². The molecule has 1 aliphatic rings. The molecule has 0 saturated carbocycles. The quantitative estimate of drug-likeness (QED) is 0.157. The number of carbonyl (C=O) groups is 2. The molecule has 224 valence electrons. The third kappa shape index (κ3) is 8.27. The van der Waals surface area contributed by atoms with Gasteiger partial charge < -0.3 is 19.9 Å². The predicted molar refractivity (Wildman–Crippen MR) is 163 cm³/mol. The fourth-order valence-corrected chi connectivity index (χ4v) is 6.25. The summed E-state index contributed by atoms with van der Waals surface area (Å²) in [6.07, 6.45) is 2.02. The molecule has 12 heteroatoms. The average Bonchev–Trinajstić information content (AvgIpc) is 3.48. The number of halogens is 1. The van der Waals surface area contributed by atoms with E-state index in [1.807, 2.05) is 23.8 Å². The minimum atomic E-state index is -0.456. The van der Waals surface area contributed by atoms with Gasteiger partial charge in [-0.25, -0.2) is 9.78 Å². The summed E-state index contributed by atoms with van der Waals surface area (Å²) in [7, 11) is 0. The monoisotopic (exact) mass is 613 g/mol. The Balaban J connectivity index is 1.28. The van der Waals surface area contributed by atoms with Crippen LogP contribution >= 0.6 is 22.9 Å². The minimum Gasteiger partial charge on any atom is -0.445 e. The fraction of sp³-hybridized carbons (Fsp3) is 0.433. The normalized spacial score (nSPS) is 14.8. The van der Waals surface area contributed by atoms with Gasteiger partial charge >= 0.3 is 6.09 Å². The summed E-state index contributed by atoms with van der Waals surface area (Å²) < 4.78 is 5.66. The summed E-state index contributed by atoms with van der Waals surface area (Å²) in [6.45, 7) is 8.51. The zero-order chi connectivity index (χ0) is 30.2. The molecule has 4 rings (SSSR count). The van der Waals surface area contributed by atoms with Crippen LogP contribution in [0.25, 0.3) is 0 Å². The van der Waals surface area contributed by atoms with E-state index < -0.39 is 11.0 Å². The molecule has 1 atom stereocenters. The number of nitrogens with zero attached hydrogens (tertiary/aromatic N) is 4. The van der Waals surface area contributed by atoms with Crippen molar-refractivity contribution in [2.75, 3.05) is 19.6 Å². The van der Waals surface area contributed by atoms with Gasteiger partial charge in [0.15, 0.2) is 0 Å². The second-order valence-corrected chi connectivity index (χ2v) is 11.8. The molecule has 1 aromatic carbocycles. The van der Waals surface area contributed by atoms with Crippen molar-refractivity contribution in [3.8, 4) is 0 Å². The molecule has 1 fully saturated rings. The Kier molecular flexibility index (Phi) is 10.9. The Morgan fingerprint density at radius 3 is 2.55 bits per heavy atom. The molecular formula is C30H36ClN5O5S. The van der Waals surface area contributed by atoms with Crippen molar-refractivity contribution in [1.29, 1.82) is 0 Å². The number of pyridine rings is 1. The van der Waals surface area contributed by atoms with Gasteiger partial charge in [-0.1, -0.05) is 11.6 Å². The number of likely N-dealkylation sites (tertiary alicyclic amines) is 1. The molecule has 0 aliphatic carbocycles. The third-order valence-electron chi connectivity index (χ3n) is 7.68. The van der Waals surface area contributed by atoms with Crippen LogP contribution in [0, 0.1) is 24.0 Å². The number of aromatic nitrogens is 1. The highest BCUT2D eigenvalue weighted by molar-refractivity contribution is 7.07. The lowest BCUT2D eigenvalue weighted by atomic mass is 10.0. The number of benzene rings is 1. The van der Waals surface area contributed by atoms with Crippen molar-refractivity contribution in [3.05, 3.63) is 90.4 Å². The van der Waals surface area contributed by atoms with E-state index in [1.165, 1.54) is 12.1 Å². The van der Waals surface area contributed by atoms with Gasteiger partial charge in [0.1, 0.15) is 11.8 Å². The molecule has 1 saturated heterocycles. The highest BCUT2D eigenvalue weighted by Crippen LogP contribution is 2.24. The van der Waals surface area contributed by atoms with E-state index in [-0.39, 0.29) is 30.3 Å². The standard InChI is InChI=1S/C30H36ClN5O5S/c1-20-16-27(31)33-22(3)28(20)29(37)32-12-8-21(2)34-13-9-25(10-14-34)35(17-24-11-15-42-19-24)30(38)41-18-23-4-6-26(7-5-23)36(39)40/h4-7,11,15-16,19,21,25H,8-10,12-14,17-18H2,1-3H3,(H,32,37)/t21-/m1/s1. The van der Waals surface area contributed by atoms with Crippen LogP contribution < -0.4 is 5.32 Å². The molecule has 0 bridgehead atoms. The second-order valence-electron chi connectivity index (χ2n) is 10.6. The molecule has 42 heavy (non-hydrogen) atoms. The number of piperidine rings is 1. The number of aryl methyl sites for hydroxylation is 2. The van der Waals surface area contributed by atoms with Gasteiger partial charge in [0.2, 0.25) is 0 Å². The first-order chi connectivity index (χ1) is 20.1. The highest BCUT2D eigenvalue weighted by atomic mass is 35.5. The molecule has 10 nitrogen and oxygen atoms in total. The fourth-order valence-electron chi connectivity index (χ4n) is 5.30. The maximum Gasteiger partial charge on any atom is 0.410 e. The number of non-ortho nitro benzene ring substituents is 1. The van der Waals surface area contributed by atoms with Crippen molar-refractivity contribution in [2.24, 2.45) is 0 Å². The first-order valence-electron chi connectivity index (χ1n) is 14.0. The number of hydrogen-bond acceptors (Lipinski definition) is 8. The van der Waals surface area contributed by atoms with Crippen LogP contribution in [-0.4, -0.2) is 63.4 Å². The number of carbonyl (C=O) groups excluding carboxylic acids is 2. The summed E-state index contributed by atoms with van der Waals surface area (Å²) in [5.41, 5.74) is 3.73. The van der Waals surface area contributed by atoms with E-state index in [9.17, 15) is 19.7 Å². The maximum atomic E-state index is 13.3. The number of hydrogen-bond donors (Lipinski definition) is 1. The van der Waals surface area contributed by atoms with Crippen molar-refractivity contribution in [1.82, 2.24) is 20.1 Å². The van der Waals surface area contributed by atoms with Gasteiger partial charge in [-0.2, -0.15) is 11.3 Å². The van der Waals surface area contributed by atoms with E-state index in [4.69, 9.17) is 16.3 Å². The van der Waals surface area contributed by atoms with Crippen LogP contribution in [0.1, 0.15) is 58.9 Å². The van der Waals surface area contributed by atoms with Crippen molar-refractivity contribution < 1.29 is 19.2 Å². The van der Waals surface area contributed by atoms with Crippen LogP contribution in [0.15, 0.2) is 47.2 Å². The maximum absolute atomic E-state index is 13.3. The zero-order valence-electron chi connectivity index (χ0n) is 24.0. The smallest absolute Gasteiger partial charge is 0.410 e. The Morgan fingerprint density at radius 1 is 1.21 bits per heavy atom. The van der Waals surface area contributed by atoms with E-state index in [1.54, 1.807) is 41.4 Å². The molecule has 2 aromatic heterocycles. The van der Waals surface area contributed by atoms with Gasteiger partial charge in [0, 0.05) is 43.9 Å². The predicted octanol–water partition coefficient (Wildman–Crippen LogP) is 6.13. The Bertz CT molecular complexity index is 1350. The lowest BCUT2D eigenvalue weighted by molar-refractivity contribution is -0.384. The molecule has 1 N–H and O–H groups in total. The summed E-state index contributed by atoms with van der Waals surface area (Å²) >= 11 is 7.59. The van der Waals surface area contributed by atoms with Gasteiger partial charge in [0.05, 0.1) is 22.7 Å². The van der Waals surface area contributed by atoms with Crippen LogP contribution in [0.3, 0.4) is 0 Å². The Labute approximate surface area is 254 Å². The van der Waals surface area contributed by atoms with Gasteiger partial charge in [0.25, 0.3) is 11.6 Å². The van der Waals surface area contributed by atoms with Crippen molar-refractivity contribution in [2.45, 2.75) is 65.3 Å². The lowest BCUT2D eigenvalue weighted by Gasteiger charge is -2.40. The molecule has 0 unspecified atom stereocenters. The summed E-state index contributed by atoms with van der Waals surface area (Å²) in [5, 5.41) is 18.3.